The number of hydrogen-bond donors (Lipinski definition) is 1. The first-order valence-electron chi connectivity index (χ1n) is 7.61. The molecule has 0 saturated heterocycles. The van der Waals surface area contributed by atoms with Crippen molar-refractivity contribution in [3.63, 3.8) is 0 Å². The van der Waals surface area contributed by atoms with E-state index >= 15 is 0 Å². The van der Waals surface area contributed by atoms with Gasteiger partial charge in [0, 0.05) is 6.04 Å². The van der Waals surface area contributed by atoms with Crippen LogP contribution < -0.4 is 10.1 Å². The molecule has 1 N–H and O–H groups in total. The predicted octanol–water partition coefficient (Wildman–Crippen LogP) is 3.65. The Balaban J connectivity index is 2.06. The van der Waals surface area contributed by atoms with Crippen LogP contribution in [0.2, 0.25) is 0 Å². The number of nitrogens with one attached hydrogen (secondary N) is 1. The molecule has 0 amide bonds. The highest BCUT2D eigenvalue weighted by Gasteiger charge is 2.30. The van der Waals surface area contributed by atoms with Crippen LogP contribution in [0.3, 0.4) is 0 Å². The van der Waals surface area contributed by atoms with Gasteiger partial charge in [0.25, 0.3) is 0 Å². The topological polar surface area (TPSA) is 21.3 Å². The summed E-state index contributed by atoms with van der Waals surface area (Å²) in [7, 11) is 1.74. The second-order valence-electron chi connectivity index (χ2n) is 5.79. The molecule has 3 unspecified atom stereocenters. The van der Waals surface area contributed by atoms with E-state index in [2.05, 4.69) is 37.4 Å². The van der Waals surface area contributed by atoms with Crippen molar-refractivity contribution in [3.8, 4) is 5.75 Å². The first-order chi connectivity index (χ1) is 9.24. The number of ether oxygens (including phenoxy) is 1. The molecular weight excluding hydrogens is 234 g/mol. The van der Waals surface area contributed by atoms with Gasteiger partial charge in [0.05, 0.1) is 7.11 Å². The summed E-state index contributed by atoms with van der Waals surface area (Å²) in [6.45, 7) is 5.67. The summed E-state index contributed by atoms with van der Waals surface area (Å²) >= 11 is 0. The minimum absolute atomic E-state index is 0.606. The molecule has 1 saturated carbocycles. The molecule has 3 atom stereocenters. The Hall–Kier alpha value is -1.02. The van der Waals surface area contributed by atoms with Gasteiger partial charge in [-0.25, -0.2) is 0 Å². The van der Waals surface area contributed by atoms with Crippen LogP contribution in [0.25, 0.3) is 0 Å². The molecule has 2 rings (SSSR count). The highest BCUT2D eigenvalue weighted by molar-refractivity contribution is 5.29. The SMILES string of the molecule is CCNC(Cc1cccc(OC)c1)C1CCCC1C. The van der Waals surface area contributed by atoms with E-state index in [1.807, 2.05) is 6.07 Å². The van der Waals surface area contributed by atoms with Crippen LogP contribution in [0, 0.1) is 11.8 Å². The number of rotatable bonds is 6. The van der Waals surface area contributed by atoms with E-state index in [-0.39, 0.29) is 0 Å². The van der Waals surface area contributed by atoms with Crippen LogP contribution in [-0.2, 0) is 6.42 Å². The van der Waals surface area contributed by atoms with Crippen LogP contribution in [0.15, 0.2) is 24.3 Å². The maximum Gasteiger partial charge on any atom is 0.119 e. The zero-order valence-corrected chi connectivity index (χ0v) is 12.5. The Kier molecular flexibility index (Phi) is 5.26. The van der Waals surface area contributed by atoms with Gasteiger partial charge in [-0.05, 0) is 48.9 Å². The molecule has 0 heterocycles. The third kappa shape index (κ3) is 3.73. The standard InChI is InChI=1S/C17H27NO/c1-4-18-17(16-10-5-7-13(16)2)12-14-8-6-9-15(11-14)19-3/h6,8-9,11,13,16-18H,4-5,7,10,12H2,1-3H3. The summed E-state index contributed by atoms with van der Waals surface area (Å²) in [4.78, 5) is 0. The van der Waals surface area contributed by atoms with E-state index in [1.165, 1.54) is 24.8 Å². The van der Waals surface area contributed by atoms with Crippen molar-refractivity contribution in [1.29, 1.82) is 0 Å². The van der Waals surface area contributed by atoms with Gasteiger partial charge in [0.2, 0.25) is 0 Å². The first-order valence-corrected chi connectivity index (χ1v) is 7.61. The molecule has 1 fully saturated rings. The Morgan fingerprint density at radius 2 is 2.21 bits per heavy atom. The summed E-state index contributed by atoms with van der Waals surface area (Å²) < 4.78 is 5.32. The molecule has 0 radical (unpaired) electrons. The maximum atomic E-state index is 5.32. The number of benzene rings is 1. The van der Waals surface area contributed by atoms with Gasteiger partial charge in [0.1, 0.15) is 5.75 Å². The molecule has 106 valence electrons. The van der Waals surface area contributed by atoms with Crippen molar-refractivity contribution >= 4 is 0 Å². The largest absolute Gasteiger partial charge is 0.497 e. The lowest BCUT2D eigenvalue weighted by atomic mass is 9.86. The Morgan fingerprint density at radius 1 is 1.37 bits per heavy atom. The molecule has 19 heavy (non-hydrogen) atoms. The number of methoxy groups -OCH3 is 1. The van der Waals surface area contributed by atoms with E-state index in [9.17, 15) is 0 Å². The number of hydrogen-bond acceptors (Lipinski definition) is 2. The summed E-state index contributed by atoms with van der Waals surface area (Å²) in [6.07, 6.45) is 5.28. The monoisotopic (exact) mass is 261 g/mol. The van der Waals surface area contributed by atoms with Gasteiger partial charge < -0.3 is 10.1 Å². The Morgan fingerprint density at radius 3 is 2.84 bits per heavy atom. The van der Waals surface area contributed by atoms with Crippen LogP contribution >= 0.6 is 0 Å². The minimum Gasteiger partial charge on any atom is -0.497 e. The maximum absolute atomic E-state index is 5.32. The lowest BCUT2D eigenvalue weighted by molar-refractivity contribution is 0.298. The summed E-state index contributed by atoms with van der Waals surface area (Å²) in [6, 6.07) is 9.10. The van der Waals surface area contributed by atoms with Gasteiger partial charge in [-0.1, -0.05) is 38.8 Å². The normalized spacial score (nSPS) is 24.4. The molecule has 0 spiro atoms. The van der Waals surface area contributed by atoms with Crippen molar-refractivity contribution in [2.75, 3.05) is 13.7 Å². The summed E-state index contributed by atoms with van der Waals surface area (Å²) in [5, 5.41) is 3.70. The van der Waals surface area contributed by atoms with Crippen LogP contribution in [0.1, 0.15) is 38.7 Å². The molecule has 1 aromatic carbocycles. The van der Waals surface area contributed by atoms with Crippen LogP contribution in [0.4, 0.5) is 0 Å². The first kappa shape index (κ1) is 14.4. The third-order valence-corrected chi connectivity index (χ3v) is 4.50. The molecule has 2 heteroatoms. The van der Waals surface area contributed by atoms with E-state index in [0.717, 1.165) is 30.6 Å². The van der Waals surface area contributed by atoms with E-state index < -0.39 is 0 Å². The van der Waals surface area contributed by atoms with Crippen LogP contribution in [-0.4, -0.2) is 19.7 Å². The second-order valence-corrected chi connectivity index (χ2v) is 5.79. The van der Waals surface area contributed by atoms with E-state index in [0.29, 0.717) is 6.04 Å². The summed E-state index contributed by atoms with van der Waals surface area (Å²) in [5.41, 5.74) is 1.38. The van der Waals surface area contributed by atoms with Gasteiger partial charge in [-0.3, -0.25) is 0 Å². The molecule has 0 aromatic heterocycles. The fourth-order valence-corrected chi connectivity index (χ4v) is 3.46. The van der Waals surface area contributed by atoms with Gasteiger partial charge in [-0.2, -0.15) is 0 Å². The highest BCUT2D eigenvalue weighted by atomic mass is 16.5. The highest BCUT2D eigenvalue weighted by Crippen LogP contribution is 2.34. The zero-order chi connectivity index (χ0) is 13.7. The van der Waals surface area contributed by atoms with Crippen LogP contribution in [0.5, 0.6) is 5.75 Å². The molecule has 2 nitrogen and oxygen atoms in total. The van der Waals surface area contributed by atoms with E-state index in [4.69, 9.17) is 4.74 Å². The van der Waals surface area contributed by atoms with Crippen molar-refractivity contribution in [3.05, 3.63) is 29.8 Å². The Labute approximate surface area is 117 Å². The lowest BCUT2D eigenvalue weighted by Gasteiger charge is -2.28. The molecule has 0 bridgehead atoms. The van der Waals surface area contributed by atoms with Crippen molar-refractivity contribution in [1.82, 2.24) is 5.32 Å². The lowest BCUT2D eigenvalue weighted by Crippen LogP contribution is -2.39. The third-order valence-electron chi connectivity index (χ3n) is 4.50. The number of likely N-dealkylation sites (N-methyl/N-ethyl adjacent to an activating group) is 1. The molecule has 0 aliphatic heterocycles. The van der Waals surface area contributed by atoms with Crippen molar-refractivity contribution in [2.45, 2.75) is 45.6 Å². The molecule has 1 aromatic rings. The smallest absolute Gasteiger partial charge is 0.119 e. The average molecular weight is 261 g/mol. The quantitative estimate of drug-likeness (QED) is 0.844. The minimum atomic E-state index is 0.606. The van der Waals surface area contributed by atoms with E-state index in [1.54, 1.807) is 7.11 Å². The molecular formula is C17H27NO. The van der Waals surface area contributed by atoms with Crippen molar-refractivity contribution in [2.24, 2.45) is 11.8 Å². The summed E-state index contributed by atoms with van der Waals surface area (Å²) in [5.74, 6) is 2.65. The van der Waals surface area contributed by atoms with Gasteiger partial charge in [0.15, 0.2) is 0 Å². The molecule has 1 aliphatic carbocycles. The zero-order valence-electron chi connectivity index (χ0n) is 12.5. The van der Waals surface area contributed by atoms with Crippen molar-refractivity contribution < 1.29 is 4.74 Å². The Bertz CT molecular complexity index is 391. The fourth-order valence-electron chi connectivity index (χ4n) is 3.46. The predicted molar refractivity (Wildman–Crippen MR) is 80.7 cm³/mol. The van der Waals surface area contributed by atoms with Gasteiger partial charge in [-0.15, -0.1) is 0 Å². The fraction of sp³-hybridized carbons (Fsp3) is 0.647. The van der Waals surface area contributed by atoms with Gasteiger partial charge >= 0.3 is 0 Å². The second kappa shape index (κ2) is 6.95. The average Bonchev–Trinajstić information content (AvgIpc) is 2.85. The molecule has 1 aliphatic rings.